The van der Waals surface area contributed by atoms with E-state index >= 15 is 0 Å². The normalized spacial score (nSPS) is 10.1. The quantitative estimate of drug-likeness (QED) is 0.843. The van der Waals surface area contributed by atoms with Gasteiger partial charge < -0.3 is 11.1 Å². The van der Waals surface area contributed by atoms with Crippen molar-refractivity contribution >= 4 is 28.8 Å². The van der Waals surface area contributed by atoms with Crippen molar-refractivity contribution in [2.45, 2.75) is 0 Å². The fourth-order valence-electron chi connectivity index (χ4n) is 1.29. The molecule has 0 fully saturated rings. The van der Waals surface area contributed by atoms with Crippen molar-refractivity contribution in [1.82, 2.24) is 4.98 Å². The first-order valence-corrected chi connectivity index (χ1v) is 4.96. The van der Waals surface area contributed by atoms with Crippen LogP contribution in [0.15, 0.2) is 36.5 Å². The number of nitrogen functional groups attached to an aromatic ring is 1. The molecule has 1 aromatic heterocycles. The van der Waals surface area contributed by atoms with Crippen LogP contribution in [-0.4, -0.2) is 4.98 Å². The van der Waals surface area contributed by atoms with Crippen molar-refractivity contribution in [2.75, 3.05) is 11.1 Å². The van der Waals surface area contributed by atoms with Crippen LogP contribution in [0, 0.1) is 5.82 Å². The Morgan fingerprint density at radius 3 is 2.75 bits per heavy atom. The summed E-state index contributed by atoms with van der Waals surface area (Å²) < 4.78 is 13.0. The Morgan fingerprint density at radius 1 is 1.25 bits per heavy atom. The van der Waals surface area contributed by atoms with Crippen LogP contribution in [0.2, 0.25) is 5.02 Å². The summed E-state index contributed by atoms with van der Waals surface area (Å²) in [5.74, 6) is 0.139. The number of hydrogen-bond acceptors (Lipinski definition) is 3. The van der Waals surface area contributed by atoms with Crippen molar-refractivity contribution in [3.8, 4) is 0 Å². The molecule has 82 valence electrons. The van der Waals surface area contributed by atoms with E-state index in [1.165, 1.54) is 12.1 Å². The van der Waals surface area contributed by atoms with E-state index in [1.54, 1.807) is 24.4 Å². The van der Waals surface area contributed by atoms with Crippen molar-refractivity contribution in [3.05, 3.63) is 47.4 Å². The monoisotopic (exact) mass is 237 g/mol. The Labute approximate surface area is 97.1 Å². The molecule has 0 radical (unpaired) electrons. The number of pyridine rings is 1. The number of benzene rings is 1. The van der Waals surface area contributed by atoms with Gasteiger partial charge in [0.2, 0.25) is 0 Å². The van der Waals surface area contributed by atoms with Crippen molar-refractivity contribution in [1.29, 1.82) is 0 Å². The summed E-state index contributed by atoms with van der Waals surface area (Å²) in [5, 5.41) is 3.24. The van der Waals surface area contributed by atoms with E-state index in [2.05, 4.69) is 10.3 Å². The molecule has 16 heavy (non-hydrogen) atoms. The molecule has 0 unspecified atom stereocenters. The number of hydrogen-bond donors (Lipinski definition) is 2. The van der Waals surface area contributed by atoms with Gasteiger partial charge in [-0.15, -0.1) is 0 Å². The van der Waals surface area contributed by atoms with Gasteiger partial charge in [0.25, 0.3) is 0 Å². The zero-order valence-corrected chi connectivity index (χ0v) is 9.00. The maximum absolute atomic E-state index is 13.0. The molecule has 0 aliphatic rings. The zero-order chi connectivity index (χ0) is 11.5. The summed E-state index contributed by atoms with van der Waals surface area (Å²) in [7, 11) is 0. The second kappa shape index (κ2) is 4.37. The van der Waals surface area contributed by atoms with Crippen LogP contribution in [0.25, 0.3) is 0 Å². The molecule has 0 aliphatic heterocycles. The number of aromatic nitrogens is 1. The Balaban J connectivity index is 2.27. The smallest absolute Gasteiger partial charge is 0.132 e. The molecule has 5 heteroatoms. The number of nitrogens with one attached hydrogen (secondary N) is 1. The highest BCUT2D eigenvalue weighted by Gasteiger charge is 2.00. The summed E-state index contributed by atoms with van der Waals surface area (Å²) in [6, 6.07) is 7.49. The Morgan fingerprint density at radius 2 is 2.06 bits per heavy atom. The van der Waals surface area contributed by atoms with Gasteiger partial charge >= 0.3 is 0 Å². The van der Waals surface area contributed by atoms with Gasteiger partial charge in [0, 0.05) is 28.7 Å². The van der Waals surface area contributed by atoms with Crippen molar-refractivity contribution < 1.29 is 4.39 Å². The Kier molecular flexibility index (Phi) is 2.92. The zero-order valence-electron chi connectivity index (χ0n) is 8.24. The first-order valence-electron chi connectivity index (χ1n) is 4.58. The van der Waals surface area contributed by atoms with E-state index in [9.17, 15) is 4.39 Å². The van der Waals surface area contributed by atoms with Crippen molar-refractivity contribution in [2.24, 2.45) is 0 Å². The third-order valence-electron chi connectivity index (χ3n) is 1.92. The molecule has 2 rings (SSSR count). The van der Waals surface area contributed by atoms with Crippen molar-refractivity contribution in [3.63, 3.8) is 0 Å². The van der Waals surface area contributed by atoms with Crippen LogP contribution in [0.1, 0.15) is 0 Å². The van der Waals surface area contributed by atoms with Crippen LogP contribution >= 0.6 is 11.6 Å². The number of rotatable bonds is 2. The highest BCUT2D eigenvalue weighted by molar-refractivity contribution is 6.30. The Bertz CT molecular complexity index is 496. The third kappa shape index (κ3) is 2.61. The third-order valence-corrected chi connectivity index (χ3v) is 2.14. The van der Waals surface area contributed by atoms with Crippen LogP contribution in [0.3, 0.4) is 0 Å². The Hall–Kier alpha value is -1.81. The highest BCUT2D eigenvalue weighted by atomic mass is 35.5. The second-order valence-corrected chi connectivity index (χ2v) is 3.69. The molecule has 0 saturated carbocycles. The first kappa shape index (κ1) is 10.7. The number of halogens is 2. The summed E-state index contributed by atoms with van der Waals surface area (Å²) in [6.07, 6.45) is 1.57. The van der Waals surface area contributed by atoms with Crippen LogP contribution in [0.4, 0.5) is 21.6 Å². The molecule has 0 spiro atoms. The molecule has 0 amide bonds. The maximum Gasteiger partial charge on any atom is 0.132 e. The maximum atomic E-state index is 13.0. The van der Waals surface area contributed by atoms with Gasteiger partial charge in [0.05, 0.1) is 0 Å². The molecule has 2 aromatic rings. The van der Waals surface area contributed by atoms with Gasteiger partial charge in [0.1, 0.15) is 11.6 Å². The summed E-state index contributed by atoms with van der Waals surface area (Å²) >= 11 is 5.72. The molecule has 0 bridgehead atoms. The molecular weight excluding hydrogens is 229 g/mol. The van der Waals surface area contributed by atoms with Gasteiger partial charge in [-0.25, -0.2) is 9.37 Å². The predicted octanol–water partition coefficient (Wildman–Crippen LogP) is 3.20. The van der Waals surface area contributed by atoms with Gasteiger partial charge in [-0.3, -0.25) is 0 Å². The number of anilines is 3. The lowest BCUT2D eigenvalue weighted by Crippen LogP contribution is -1.95. The summed E-state index contributed by atoms with van der Waals surface area (Å²) in [4.78, 5) is 4.04. The number of nitrogens with two attached hydrogens (primary N) is 1. The fourth-order valence-corrected chi connectivity index (χ4v) is 1.51. The summed E-state index contributed by atoms with van der Waals surface area (Å²) in [6.45, 7) is 0. The SMILES string of the molecule is Nc1ccnc(Nc2cc(F)cc(Cl)c2)c1. The van der Waals surface area contributed by atoms with E-state index in [0.29, 0.717) is 22.2 Å². The number of nitrogens with zero attached hydrogens (tertiary/aromatic N) is 1. The molecule has 0 aliphatic carbocycles. The lowest BCUT2D eigenvalue weighted by Gasteiger charge is -2.06. The minimum atomic E-state index is -0.404. The molecule has 3 nitrogen and oxygen atoms in total. The summed E-state index contributed by atoms with van der Waals surface area (Å²) in [5.41, 5.74) is 6.71. The molecule has 0 saturated heterocycles. The standard InChI is InChI=1S/C11H9ClFN3/c12-7-3-8(13)5-10(4-7)16-11-6-9(14)1-2-15-11/h1-6H,(H3,14,15,16). The van der Waals surface area contributed by atoms with E-state index in [-0.39, 0.29) is 0 Å². The van der Waals surface area contributed by atoms with Crippen LogP contribution in [-0.2, 0) is 0 Å². The van der Waals surface area contributed by atoms with Crippen LogP contribution in [0.5, 0.6) is 0 Å². The van der Waals surface area contributed by atoms with E-state index in [1.807, 2.05) is 0 Å². The van der Waals surface area contributed by atoms with E-state index in [4.69, 9.17) is 17.3 Å². The topological polar surface area (TPSA) is 50.9 Å². The average molecular weight is 238 g/mol. The largest absolute Gasteiger partial charge is 0.399 e. The highest BCUT2D eigenvalue weighted by Crippen LogP contribution is 2.21. The van der Waals surface area contributed by atoms with E-state index in [0.717, 1.165) is 0 Å². The average Bonchev–Trinajstić information content (AvgIpc) is 2.15. The fraction of sp³-hybridized carbons (Fsp3) is 0. The minimum absolute atomic E-state index is 0.325. The molecule has 0 atom stereocenters. The van der Waals surface area contributed by atoms with Gasteiger partial charge in [-0.05, 0) is 24.3 Å². The molecule has 1 aromatic carbocycles. The van der Waals surface area contributed by atoms with E-state index < -0.39 is 5.82 Å². The molecular formula is C11H9ClFN3. The van der Waals surface area contributed by atoms with Gasteiger partial charge in [-0.1, -0.05) is 11.6 Å². The molecule has 3 N–H and O–H groups in total. The predicted molar refractivity (Wildman–Crippen MR) is 63.3 cm³/mol. The van der Waals surface area contributed by atoms with Gasteiger partial charge in [0.15, 0.2) is 0 Å². The van der Waals surface area contributed by atoms with Crippen LogP contribution < -0.4 is 11.1 Å². The van der Waals surface area contributed by atoms with Gasteiger partial charge in [-0.2, -0.15) is 0 Å². The lowest BCUT2D eigenvalue weighted by atomic mass is 10.3. The first-order chi connectivity index (χ1) is 7.63. The molecule has 1 heterocycles. The second-order valence-electron chi connectivity index (χ2n) is 3.26. The minimum Gasteiger partial charge on any atom is -0.399 e. The lowest BCUT2D eigenvalue weighted by molar-refractivity contribution is 0.628.